The molecule has 20 heavy (non-hydrogen) atoms. The van der Waals surface area contributed by atoms with Crippen molar-refractivity contribution in [3.05, 3.63) is 0 Å². The smallest absolute Gasteiger partial charge is 0.324 e. The third kappa shape index (κ3) is 4.77. The van der Waals surface area contributed by atoms with Crippen LogP contribution in [0, 0.1) is 0 Å². The van der Waals surface area contributed by atoms with Crippen LogP contribution in [-0.2, 0) is 18.4 Å². The second-order valence-electron chi connectivity index (χ2n) is 4.47. The fourth-order valence-electron chi connectivity index (χ4n) is 1.71. The van der Waals surface area contributed by atoms with Crippen LogP contribution < -0.4 is 10.6 Å². The second kappa shape index (κ2) is 7.45. The Morgan fingerprint density at radius 1 is 1.25 bits per heavy atom. The Balaban J connectivity index is 2.39. The van der Waals surface area contributed by atoms with Crippen molar-refractivity contribution >= 4 is 31.3 Å². The van der Waals surface area contributed by atoms with Crippen molar-refractivity contribution in [2.45, 2.75) is 32.7 Å². The number of imide groups is 1. The quantitative estimate of drug-likeness (QED) is 0.382. The lowest BCUT2D eigenvalue weighted by molar-refractivity contribution is -0.123. The van der Waals surface area contributed by atoms with Crippen LogP contribution in [0.1, 0.15) is 27.2 Å². The molecule has 0 aromatic carbocycles. The Morgan fingerprint density at radius 2 is 1.85 bits per heavy atom. The zero-order valence-corrected chi connectivity index (χ0v) is 13.6. The summed E-state index contributed by atoms with van der Waals surface area (Å²) in [6.07, 6.45) is 0.452. The van der Waals surface area contributed by atoms with Crippen LogP contribution in [0.5, 0.6) is 0 Å². The summed E-state index contributed by atoms with van der Waals surface area (Å²) in [7, 11) is -3.05. The molecule has 0 radical (unpaired) electrons. The Hall–Kier alpha value is -0.560. The standard InChI is InChI=1S/C11H21N2O5PS/c1-4-17-19(16,18-5-2)8-20-7-6-11(3)9(14)12-10(15)13-11/h4-8H2,1-3H3,(H2,12,13,14,15)/t11-/m0/s1. The minimum Gasteiger partial charge on any atom is -0.324 e. The molecule has 1 rings (SSSR count). The number of thioether (sulfide) groups is 1. The van der Waals surface area contributed by atoms with Crippen molar-refractivity contribution in [1.82, 2.24) is 10.6 Å². The van der Waals surface area contributed by atoms with E-state index in [0.29, 0.717) is 25.4 Å². The first-order chi connectivity index (χ1) is 9.35. The fraction of sp³-hybridized carbons (Fsp3) is 0.818. The van der Waals surface area contributed by atoms with E-state index in [9.17, 15) is 14.2 Å². The number of amides is 3. The van der Waals surface area contributed by atoms with Crippen molar-refractivity contribution in [2.24, 2.45) is 0 Å². The number of carbonyl (C=O) groups excluding carboxylic acids is 2. The monoisotopic (exact) mass is 324 g/mol. The largest absolute Gasteiger partial charge is 0.340 e. The molecule has 1 fully saturated rings. The maximum absolute atomic E-state index is 12.2. The van der Waals surface area contributed by atoms with E-state index in [4.69, 9.17) is 9.05 Å². The first kappa shape index (κ1) is 17.5. The van der Waals surface area contributed by atoms with E-state index in [1.807, 2.05) is 0 Å². The van der Waals surface area contributed by atoms with Crippen molar-refractivity contribution in [1.29, 1.82) is 0 Å². The van der Waals surface area contributed by atoms with Gasteiger partial charge in [-0.05, 0) is 32.9 Å². The number of urea groups is 1. The summed E-state index contributed by atoms with van der Waals surface area (Å²) in [5.74, 6) is 0.231. The van der Waals surface area contributed by atoms with Crippen LogP contribution >= 0.6 is 19.4 Å². The number of nitrogens with one attached hydrogen (secondary N) is 2. The Morgan fingerprint density at radius 3 is 2.30 bits per heavy atom. The van der Waals surface area contributed by atoms with E-state index in [1.165, 1.54) is 11.8 Å². The van der Waals surface area contributed by atoms with E-state index >= 15 is 0 Å². The molecule has 0 spiro atoms. The maximum atomic E-state index is 12.2. The van der Waals surface area contributed by atoms with Gasteiger partial charge in [-0.2, -0.15) is 0 Å². The summed E-state index contributed by atoms with van der Waals surface area (Å²) in [6, 6.07) is -0.475. The molecule has 1 heterocycles. The van der Waals surface area contributed by atoms with Gasteiger partial charge in [0.05, 0.1) is 18.7 Å². The van der Waals surface area contributed by atoms with Gasteiger partial charge in [-0.25, -0.2) is 4.79 Å². The van der Waals surface area contributed by atoms with Crippen LogP contribution in [0.2, 0.25) is 0 Å². The summed E-state index contributed by atoms with van der Waals surface area (Å²) >= 11 is 1.38. The van der Waals surface area contributed by atoms with Gasteiger partial charge in [-0.1, -0.05) is 0 Å². The molecule has 2 N–H and O–H groups in total. The first-order valence-electron chi connectivity index (χ1n) is 6.44. The van der Waals surface area contributed by atoms with Gasteiger partial charge in [0.1, 0.15) is 5.54 Å². The molecule has 0 bridgehead atoms. The fourth-order valence-corrected chi connectivity index (χ4v) is 5.13. The summed E-state index contributed by atoms with van der Waals surface area (Å²) in [6.45, 7) is 5.84. The highest BCUT2D eigenvalue weighted by atomic mass is 32.2. The van der Waals surface area contributed by atoms with Crippen molar-refractivity contribution in [3.63, 3.8) is 0 Å². The highest BCUT2D eigenvalue weighted by Gasteiger charge is 2.41. The highest BCUT2D eigenvalue weighted by Crippen LogP contribution is 2.50. The van der Waals surface area contributed by atoms with Crippen LogP contribution in [0.3, 0.4) is 0 Å². The highest BCUT2D eigenvalue weighted by molar-refractivity contribution is 8.04. The maximum Gasteiger partial charge on any atom is 0.340 e. The molecule has 0 saturated carbocycles. The molecular formula is C11H21N2O5PS. The predicted molar refractivity (Wildman–Crippen MR) is 77.9 cm³/mol. The predicted octanol–water partition coefficient (Wildman–Crippen LogP) is 1.93. The van der Waals surface area contributed by atoms with E-state index in [1.54, 1.807) is 20.8 Å². The second-order valence-corrected chi connectivity index (χ2v) is 8.06. The lowest BCUT2D eigenvalue weighted by Crippen LogP contribution is -2.44. The van der Waals surface area contributed by atoms with E-state index in [-0.39, 0.29) is 11.4 Å². The van der Waals surface area contributed by atoms with Crippen molar-refractivity contribution in [2.75, 3.05) is 24.5 Å². The topological polar surface area (TPSA) is 93.7 Å². The summed E-state index contributed by atoms with van der Waals surface area (Å²) in [4.78, 5) is 22.7. The SMILES string of the molecule is CCOP(=O)(CSCC[C@]1(C)NC(=O)NC1=O)OCC. The third-order valence-electron chi connectivity index (χ3n) is 2.77. The van der Waals surface area contributed by atoms with Gasteiger partial charge in [-0.3, -0.25) is 14.7 Å². The molecule has 1 aliphatic heterocycles. The molecule has 116 valence electrons. The van der Waals surface area contributed by atoms with Gasteiger partial charge in [0.15, 0.2) is 0 Å². The van der Waals surface area contributed by atoms with Crippen molar-refractivity contribution < 1.29 is 23.2 Å². The van der Waals surface area contributed by atoms with Gasteiger partial charge in [-0.15, -0.1) is 11.8 Å². The molecule has 0 aromatic rings. The zero-order chi connectivity index (χ0) is 15.2. The molecule has 1 aliphatic rings. The van der Waals surface area contributed by atoms with Crippen LogP contribution in [0.25, 0.3) is 0 Å². The Labute approximate surface area is 123 Å². The Kier molecular flexibility index (Phi) is 6.51. The van der Waals surface area contributed by atoms with Gasteiger partial charge < -0.3 is 14.4 Å². The molecule has 7 nitrogen and oxygen atoms in total. The first-order valence-corrected chi connectivity index (χ1v) is 9.33. The van der Waals surface area contributed by atoms with Crippen molar-refractivity contribution in [3.8, 4) is 0 Å². The summed E-state index contributed by atoms with van der Waals surface area (Å²) < 4.78 is 22.5. The molecule has 9 heteroatoms. The molecule has 3 amide bonds. The minimum absolute atomic E-state index is 0.236. The van der Waals surface area contributed by atoms with Gasteiger partial charge in [0, 0.05) is 0 Å². The summed E-state index contributed by atoms with van der Waals surface area (Å²) in [5.41, 5.74) is -0.661. The van der Waals surface area contributed by atoms with Crippen LogP contribution in [0.4, 0.5) is 4.79 Å². The van der Waals surface area contributed by atoms with Gasteiger partial charge >= 0.3 is 13.6 Å². The Bertz CT molecular complexity index is 410. The summed E-state index contributed by atoms with van der Waals surface area (Å²) in [5, 5.41) is 4.79. The van der Waals surface area contributed by atoms with Crippen LogP contribution in [-0.4, -0.2) is 41.9 Å². The molecular weight excluding hydrogens is 303 g/mol. The average Bonchev–Trinajstić information content (AvgIpc) is 2.60. The normalized spacial score (nSPS) is 22.8. The minimum atomic E-state index is -3.05. The lowest BCUT2D eigenvalue weighted by atomic mass is 10.00. The number of rotatable bonds is 9. The molecule has 1 atom stereocenters. The van der Waals surface area contributed by atoms with Gasteiger partial charge in [0.25, 0.3) is 5.91 Å². The lowest BCUT2D eigenvalue weighted by Gasteiger charge is -2.21. The van der Waals surface area contributed by atoms with Gasteiger partial charge in [0.2, 0.25) is 0 Å². The molecule has 1 saturated heterocycles. The molecule has 0 aliphatic carbocycles. The molecule has 0 unspecified atom stereocenters. The number of hydrogen-bond acceptors (Lipinski definition) is 6. The van der Waals surface area contributed by atoms with E-state index in [2.05, 4.69) is 10.6 Å². The zero-order valence-electron chi connectivity index (χ0n) is 11.9. The number of carbonyl (C=O) groups is 2. The average molecular weight is 324 g/mol. The third-order valence-corrected chi connectivity index (χ3v) is 6.56. The molecule has 0 aromatic heterocycles. The van der Waals surface area contributed by atoms with E-state index in [0.717, 1.165) is 0 Å². The number of hydrogen-bond donors (Lipinski definition) is 2. The van der Waals surface area contributed by atoms with E-state index < -0.39 is 19.2 Å². The van der Waals surface area contributed by atoms with Crippen LogP contribution in [0.15, 0.2) is 0 Å².